The van der Waals surface area contributed by atoms with Gasteiger partial charge in [0.15, 0.2) is 11.2 Å². The van der Waals surface area contributed by atoms with Gasteiger partial charge in [-0.1, -0.05) is 23.7 Å². The maximum Gasteiger partial charge on any atom is 0.418 e. The Labute approximate surface area is 183 Å². The van der Waals surface area contributed by atoms with E-state index in [0.717, 1.165) is 27.0 Å². The Morgan fingerprint density at radius 1 is 1.06 bits per heavy atom. The van der Waals surface area contributed by atoms with Crippen LogP contribution in [0.5, 0.6) is 11.8 Å². The molecule has 8 nitrogen and oxygen atoms in total. The predicted molar refractivity (Wildman–Crippen MR) is 110 cm³/mol. The van der Waals surface area contributed by atoms with Crippen LogP contribution in [0, 0.1) is 0 Å². The van der Waals surface area contributed by atoms with Gasteiger partial charge in [-0.15, -0.1) is 0 Å². The Bertz CT molecular complexity index is 1440. The second-order valence-electron chi connectivity index (χ2n) is 6.99. The van der Waals surface area contributed by atoms with E-state index in [9.17, 15) is 22.8 Å². The minimum atomic E-state index is -4.62. The van der Waals surface area contributed by atoms with Gasteiger partial charge in [0.05, 0.1) is 18.3 Å². The van der Waals surface area contributed by atoms with E-state index in [2.05, 4.69) is 9.97 Å². The van der Waals surface area contributed by atoms with E-state index < -0.39 is 23.0 Å². The summed E-state index contributed by atoms with van der Waals surface area (Å²) >= 11 is 5.93. The quantitative estimate of drug-likeness (QED) is 0.461. The lowest BCUT2D eigenvalue weighted by molar-refractivity contribution is -0.137. The summed E-state index contributed by atoms with van der Waals surface area (Å²) in [5, 5.41) is 0.508. The standard InChI is InChI=1S/C20H15ClF3N5O3/c1-27-16-15(17(30)28(2)19(27)31)29(10-11-3-5-13(21)6-4-11)18(26-16)32-14-7-12(8-25-9-14)20(22,23)24/h3-9H,10H2,1-2H3. The Balaban J connectivity index is 1.91. The number of hydrogen-bond acceptors (Lipinski definition) is 5. The van der Waals surface area contributed by atoms with Crippen molar-refractivity contribution in [3.8, 4) is 11.8 Å². The van der Waals surface area contributed by atoms with Crippen LogP contribution in [0.3, 0.4) is 0 Å². The molecule has 0 saturated carbocycles. The Morgan fingerprint density at radius 3 is 2.41 bits per heavy atom. The van der Waals surface area contributed by atoms with E-state index in [0.29, 0.717) is 11.2 Å². The lowest BCUT2D eigenvalue weighted by Gasteiger charge is -2.11. The van der Waals surface area contributed by atoms with Crippen LogP contribution in [0.15, 0.2) is 52.3 Å². The molecule has 0 N–H and O–H groups in total. The van der Waals surface area contributed by atoms with Crippen molar-refractivity contribution in [1.29, 1.82) is 0 Å². The van der Waals surface area contributed by atoms with Gasteiger partial charge in [0.1, 0.15) is 5.75 Å². The maximum absolute atomic E-state index is 13.1. The van der Waals surface area contributed by atoms with Crippen LogP contribution in [0.4, 0.5) is 13.2 Å². The molecular weight excluding hydrogens is 451 g/mol. The largest absolute Gasteiger partial charge is 0.424 e. The number of imidazole rings is 1. The van der Waals surface area contributed by atoms with Crippen LogP contribution in [0.2, 0.25) is 5.02 Å². The zero-order valence-corrected chi connectivity index (χ0v) is 17.5. The molecule has 166 valence electrons. The summed E-state index contributed by atoms with van der Waals surface area (Å²) in [5.74, 6) is -0.227. The number of fused-ring (bicyclic) bond motifs is 1. The summed E-state index contributed by atoms with van der Waals surface area (Å²) in [5.41, 5.74) is -1.43. The molecule has 0 radical (unpaired) electrons. The SMILES string of the molecule is Cn1c(=O)c2c(nc(Oc3cncc(C(F)(F)F)c3)n2Cc2ccc(Cl)cc2)n(C)c1=O. The van der Waals surface area contributed by atoms with E-state index in [1.807, 2.05) is 0 Å². The van der Waals surface area contributed by atoms with E-state index in [1.165, 1.54) is 18.7 Å². The first kappa shape index (κ1) is 21.6. The molecule has 0 unspecified atom stereocenters. The molecule has 4 rings (SSSR count). The van der Waals surface area contributed by atoms with Gasteiger partial charge in [-0.3, -0.25) is 23.5 Å². The first-order valence-corrected chi connectivity index (χ1v) is 9.55. The third-order valence-corrected chi connectivity index (χ3v) is 5.07. The van der Waals surface area contributed by atoms with Gasteiger partial charge in [0.25, 0.3) is 5.56 Å². The zero-order valence-electron chi connectivity index (χ0n) is 16.7. The maximum atomic E-state index is 13.1. The van der Waals surface area contributed by atoms with Crippen LogP contribution in [-0.2, 0) is 26.8 Å². The van der Waals surface area contributed by atoms with Crippen molar-refractivity contribution in [3.05, 3.63) is 79.7 Å². The van der Waals surface area contributed by atoms with Crippen molar-refractivity contribution in [3.63, 3.8) is 0 Å². The van der Waals surface area contributed by atoms with Crippen LogP contribution in [0.25, 0.3) is 11.2 Å². The Morgan fingerprint density at radius 2 is 1.75 bits per heavy atom. The number of ether oxygens (including phenoxy) is 1. The fraction of sp³-hybridized carbons (Fsp3) is 0.200. The number of nitrogens with zero attached hydrogens (tertiary/aromatic N) is 5. The lowest BCUT2D eigenvalue weighted by atomic mass is 10.2. The van der Waals surface area contributed by atoms with E-state index in [4.69, 9.17) is 16.3 Å². The van der Waals surface area contributed by atoms with Gasteiger partial charge in [0, 0.05) is 25.3 Å². The zero-order chi connectivity index (χ0) is 23.2. The van der Waals surface area contributed by atoms with Crippen LogP contribution < -0.4 is 16.0 Å². The van der Waals surface area contributed by atoms with Crippen molar-refractivity contribution in [2.24, 2.45) is 14.1 Å². The Kier molecular flexibility index (Phi) is 5.29. The fourth-order valence-electron chi connectivity index (χ4n) is 3.16. The van der Waals surface area contributed by atoms with Crippen LogP contribution >= 0.6 is 11.6 Å². The van der Waals surface area contributed by atoms with Gasteiger partial charge in [0.2, 0.25) is 0 Å². The smallest absolute Gasteiger partial charge is 0.418 e. The van der Waals surface area contributed by atoms with Gasteiger partial charge < -0.3 is 4.74 Å². The van der Waals surface area contributed by atoms with Crippen LogP contribution in [0.1, 0.15) is 11.1 Å². The second-order valence-corrected chi connectivity index (χ2v) is 7.43. The number of aryl methyl sites for hydroxylation is 1. The number of pyridine rings is 1. The molecule has 0 aliphatic heterocycles. The monoisotopic (exact) mass is 465 g/mol. The molecule has 0 amide bonds. The van der Waals surface area contributed by atoms with Gasteiger partial charge in [-0.25, -0.2) is 4.79 Å². The molecule has 0 aliphatic carbocycles. The van der Waals surface area contributed by atoms with Crippen molar-refractivity contribution >= 4 is 22.8 Å². The molecule has 0 aliphatic rings. The molecule has 3 aromatic heterocycles. The summed E-state index contributed by atoms with van der Waals surface area (Å²) in [6, 6.07) is 7.35. The number of halogens is 4. The van der Waals surface area contributed by atoms with E-state index >= 15 is 0 Å². The highest BCUT2D eigenvalue weighted by Crippen LogP contribution is 2.32. The number of aromatic nitrogens is 5. The summed E-state index contributed by atoms with van der Waals surface area (Å²) in [6.07, 6.45) is -2.85. The first-order chi connectivity index (χ1) is 15.1. The molecule has 0 bridgehead atoms. The summed E-state index contributed by atoms with van der Waals surface area (Å²) in [6.45, 7) is 0.0861. The molecule has 0 saturated heterocycles. The number of rotatable bonds is 4. The summed E-state index contributed by atoms with van der Waals surface area (Å²) in [4.78, 5) is 33.0. The third kappa shape index (κ3) is 3.86. The minimum Gasteiger partial charge on any atom is -0.424 e. The van der Waals surface area contributed by atoms with Crippen LogP contribution in [-0.4, -0.2) is 23.7 Å². The molecule has 0 fully saturated rings. The van der Waals surface area contributed by atoms with Gasteiger partial charge in [-0.2, -0.15) is 18.2 Å². The average Bonchev–Trinajstić information content (AvgIpc) is 3.10. The molecule has 0 spiro atoms. The highest BCUT2D eigenvalue weighted by molar-refractivity contribution is 6.30. The first-order valence-electron chi connectivity index (χ1n) is 9.17. The molecule has 32 heavy (non-hydrogen) atoms. The van der Waals surface area contributed by atoms with Crippen molar-refractivity contribution in [2.75, 3.05) is 0 Å². The molecule has 4 aromatic rings. The average molecular weight is 466 g/mol. The highest BCUT2D eigenvalue weighted by atomic mass is 35.5. The van der Waals surface area contributed by atoms with Crippen molar-refractivity contribution in [2.45, 2.75) is 12.7 Å². The molecule has 12 heteroatoms. The predicted octanol–water partition coefficient (Wildman–Crippen LogP) is 3.34. The second kappa shape index (κ2) is 7.83. The molecule has 3 heterocycles. The molecule has 1 aromatic carbocycles. The van der Waals surface area contributed by atoms with Gasteiger partial charge in [-0.05, 0) is 23.8 Å². The molecular formula is C20H15ClF3N5O3. The van der Waals surface area contributed by atoms with Crippen molar-refractivity contribution in [1.82, 2.24) is 23.7 Å². The highest BCUT2D eigenvalue weighted by Gasteiger charge is 2.31. The minimum absolute atomic E-state index is 0.0296. The molecule has 0 atom stereocenters. The topological polar surface area (TPSA) is 83.9 Å². The Hall–Kier alpha value is -3.60. The number of alkyl halides is 3. The third-order valence-electron chi connectivity index (χ3n) is 4.82. The van der Waals surface area contributed by atoms with Gasteiger partial charge >= 0.3 is 17.9 Å². The normalized spacial score (nSPS) is 11.8. The summed E-state index contributed by atoms with van der Waals surface area (Å²) in [7, 11) is 2.75. The van der Waals surface area contributed by atoms with Crippen molar-refractivity contribution < 1.29 is 17.9 Å². The number of hydrogen-bond donors (Lipinski definition) is 0. The summed E-state index contributed by atoms with van der Waals surface area (Å²) < 4.78 is 48.3. The fourth-order valence-corrected chi connectivity index (χ4v) is 3.28. The lowest BCUT2D eigenvalue weighted by Crippen LogP contribution is -2.37. The van der Waals surface area contributed by atoms with E-state index in [-0.39, 0.29) is 29.5 Å². The van der Waals surface area contributed by atoms with E-state index in [1.54, 1.807) is 24.3 Å². The number of benzene rings is 1.